The molecule has 2 N–H and O–H groups in total. The Morgan fingerprint density at radius 1 is 1.27 bits per heavy atom. The van der Waals surface area contributed by atoms with Crippen LogP contribution < -0.4 is 10.6 Å². The van der Waals surface area contributed by atoms with Gasteiger partial charge < -0.3 is 10.6 Å². The molecule has 22 heavy (non-hydrogen) atoms. The summed E-state index contributed by atoms with van der Waals surface area (Å²) < 4.78 is 0. The van der Waals surface area contributed by atoms with E-state index in [2.05, 4.69) is 38.7 Å². The molecular formula is C19H33N3. The van der Waals surface area contributed by atoms with Gasteiger partial charge in [-0.1, -0.05) is 47.0 Å². The van der Waals surface area contributed by atoms with E-state index in [4.69, 9.17) is 10.7 Å². The van der Waals surface area contributed by atoms with Gasteiger partial charge in [0.2, 0.25) is 0 Å². The number of rotatable bonds is 4. The van der Waals surface area contributed by atoms with E-state index < -0.39 is 0 Å². The second-order valence-corrected chi connectivity index (χ2v) is 7.85. The zero-order valence-corrected chi connectivity index (χ0v) is 15.1. The van der Waals surface area contributed by atoms with Crippen LogP contribution in [0.4, 0.5) is 11.5 Å². The minimum atomic E-state index is 0.0615. The Bertz CT molecular complexity index is 494. The Morgan fingerprint density at radius 2 is 1.91 bits per heavy atom. The van der Waals surface area contributed by atoms with Gasteiger partial charge in [0.25, 0.3) is 0 Å². The summed E-state index contributed by atoms with van der Waals surface area (Å²) in [5.74, 6) is 2.03. The number of nitrogen functional groups attached to an aromatic ring is 1. The van der Waals surface area contributed by atoms with Gasteiger partial charge in [-0.3, -0.25) is 0 Å². The van der Waals surface area contributed by atoms with E-state index in [1.54, 1.807) is 0 Å². The highest BCUT2D eigenvalue weighted by molar-refractivity contribution is 5.59. The molecule has 0 radical (unpaired) electrons. The molecule has 1 aliphatic rings. The Balaban J connectivity index is 2.12. The largest absolute Gasteiger partial charge is 0.397 e. The lowest BCUT2D eigenvalue weighted by atomic mass is 9.85. The van der Waals surface area contributed by atoms with Crippen LogP contribution in [0.2, 0.25) is 0 Å². The summed E-state index contributed by atoms with van der Waals surface area (Å²) >= 11 is 0. The van der Waals surface area contributed by atoms with Crippen molar-refractivity contribution in [2.24, 2.45) is 5.92 Å². The van der Waals surface area contributed by atoms with E-state index in [0.717, 1.165) is 36.2 Å². The standard InChI is InChI=1S/C19H33N3/c1-6-7-8-15-9-11-22(12-10-15)17-13-16(19(3,4)5)18(20)14(2)21-17/h13,15H,6-12,20H2,1-5H3. The number of pyridine rings is 1. The predicted octanol–water partition coefficient (Wildman–Crippen LogP) is 4.68. The summed E-state index contributed by atoms with van der Waals surface area (Å²) in [6.07, 6.45) is 6.68. The third kappa shape index (κ3) is 3.93. The van der Waals surface area contributed by atoms with Crippen LogP contribution in [0, 0.1) is 12.8 Å². The van der Waals surface area contributed by atoms with Gasteiger partial charge in [0.05, 0.1) is 11.4 Å². The molecule has 1 aromatic heterocycles. The number of piperidine rings is 1. The Labute approximate surface area is 136 Å². The second kappa shape index (κ2) is 6.89. The smallest absolute Gasteiger partial charge is 0.129 e. The van der Waals surface area contributed by atoms with E-state index in [-0.39, 0.29) is 5.41 Å². The number of unbranched alkanes of at least 4 members (excludes halogenated alkanes) is 1. The van der Waals surface area contributed by atoms with Crippen LogP contribution >= 0.6 is 0 Å². The van der Waals surface area contributed by atoms with Crippen molar-refractivity contribution in [3.8, 4) is 0 Å². The first-order chi connectivity index (χ1) is 10.3. The molecule has 1 fully saturated rings. The normalized spacial score (nSPS) is 17.0. The summed E-state index contributed by atoms with van der Waals surface area (Å²) in [5, 5.41) is 0. The number of hydrogen-bond donors (Lipinski definition) is 1. The van der Waals surface area contributed by atoms with Gasteiger partial charge in [-0.05, 0) is 42.7 Å². The van der Waals surface area contributed by atoms with Crippen molar-refractivity contribution < 1.29 is 0 Å². The molecule has 3 heteroatoms. The fourth-order valence-electron chi connectivity index (χ4n) is 3.39. The van der Waals surface area contributed by atoms with Crippen molar-refractivity contribution in [3.63, 3.8) is 0 Å². The number of aromatic nitrogens is 1. The van der Waals surface area contributed by atoms with Crippen molar-refractivity contribution in [1.82, 2.24) is 4.98 Å². The van der Waals surface area contributed by atoms with Crippen LogP contribution in [0.25, 0.3) is 0 Å². The predicted molar refractivity (Wildman–Crippen MR) is 96.5 cm³/mol. The SMILES string of the molecule is CCCCC1CCN(c2cc(C(C)(C)C)c(N)c(C)n2)CC1. The molecule has 0 saturated carbocycles. The molecule has 0 aromatic carbocycles. The lowest BCUT2D eigenvalue weighted by molar-refractivity contribution is 0.370. The van der Waals surface area contributed by atoms with E-state index in [1.807, 2.05) is 6.92 Å². The van der Waals surface area contributed by atoms with Crippen LogP contribution in [0.5, 0.6) is 0 Å². The molecule has 0 aliphatic carbocycles. The maximum absolute atomic E-state index is 6.26. The lowest BCUT2D eigenvalue weighted by Gasteiger charge is -2.34. The highest BCUT2D eigenvalue weighted by Gasteiger charge is 2.24. The lowest BCUT2D eigenvalue weighted by Crippen LogP contribution is -2.34. The molecule has 124 valence electrons. The van der Waals surface area contributed by atoms with Gasteiger partial charge in [0, 0.05) is 13.1 Å². The van der Waals surface area contributed by atoms with Gasteiger partial charge in [-0.2, -0.15) is 0 Å². The third-order valence-electron chi connectivity index (χ3n) is 4.95. The summed E-state index contributed by atoms with van der Waals surface area (Å²) in [5.41, 5.74) is 9.37. The van der Waals surface area contributed by atoms with Crippen LogP contribution in [0.1, 0.15) is 71.1 Å². The van der Waals surface area contributed by atoms with Crippen molar-refractivity contribution >= 4 is 11.5 Å². The van der Waals surface area contributed by atoms with E-state index in [1.165, 1.54) is 37.7 Å². The van der Waals surface area contributed by atoms with Gasteiger partial charge >= 0.3 is 0 Å². The zero-order chi connectivity index (χ0) is 16.3. The number of hydrogen-bond acceptors (Lipinski definition) is 3. The first-order valence-corrected chi connectivity index (χ1v) is 8.85. The number of nitrogens with two attached hydrogens (primary N) is 1. The molecule has 0 amide bonds. The molecular weight excluding hydrogens is 270 g/mol. The van der Waals surface area contributed by atoms with Gasteiger partial charge in [-0.25, -0.2) is 4.98 Å². The molecule has 1 aromatic rings. The number of aryl methyl sites for hydroxylation is 1. The van der Waals surface area contributed by atoms with Crippen molar-refractivity contribution in [2.75, 3.05) is 23.7 Å². The second-order valence-electron chi connectivity index (χ2n) is 7.85. The minimum absolute atomic E-state index is 0.0615. The highest BCUT2D eigenvalue weighted by atomic mass is 15.2. The molecule has 2 heterocycles. The van der Waals surface area contributed by atoms with Gasteiger partial charge in [0.15, 0.2) is 0 Å². The fraction of sp³-hybridized carbons (Fsp3) is 0.737. The highest BCUT2D eigenvalue weighted by Crippen LogP contribution is 2.33. The van der Waals surface area contributed by atoms with Crippen molar-refractivity contribution in [2.45, 2.75) is 72.1 Å². The molecule has 0 spiro atoms. The monoisotopic (exact) mass is 303 g/mol. The van der Waals surface area contributed by atoms with Gasteiger partial charge in [0.1, 0.15) is 5.82 Å². The number of anilines is 2. The quantitative estimate of drug-likeness (QED) is 0.878. The summed E-state index contributed by atoms with van der Waals surface area (Å²) in [6, 6.07) is 2.22. The van der Waals surface area contributed by atoms with Crippen LogP contribution in [0.3, 0.4) is 0 Å². The molecule has 2 rings (SSSR count). The molecule has 1 aliphatic heterocycles. The molecule has 0 atom stereocenters. The van der Waals surface area contributed by atoms with Crippen LogP contribution in [-0.2, 0) is 5.41 Å². The molecule has 0 unspecified atom stereocenters. The first-order valence-electron chi connectivity index (χ1n) is 8.85. The van der Waals surface area contributed by atoms with Crippen LogP contribution in [-0.4, -0.2) is 18.1 Å². The molecule has 3 nitrogen and oxygen atoms in total. The summed E-state index contributed by atoms with van der Waals surface area (Å²) in [4.78, 5) is 7.21. The van der Waals surface area contributed by atoms with E-state index in [0.29, 0.717) is 0 Å². The maximum Gasteiger partial charge on any atom is 0.129 e. The minimum Gasteiger partial charge on any atom is -0.397 e. The first kappa shape index (κ1) is 17.1. The number of nitrogens with zero attached hydrogens (tertiary/aromatic N) is 2. The van der Waals surface area contributed by atoms with E-state index in [9.17, 15) is 0 Å². The van der Waals surface area contributed by atoms with Crippen LogP contribution in [0.15, 0.2) is 6.07 Å². The Kier molecular flexibility index (Phi) is 5.36. The Morgan fingerprint density at radius 3 is 2.45 bits per heavy atom. The summed E-state index contributed by atoms with van der Waals surface area (Å²) in [6.45, 7) is 13.2. The fourth-order valence-corrected chi connectivity index (χ4v) is 3.39. The maximum atomic E-state index is 6.26. The van der Waals surface area contributed by atoms with E-state index >= 15 is 0 Å². The topological polar surface area (TPSA) is 42.1 Å². The average Bonchev–Trinajstić information content (AvgIpc) is 2.47. The Hall–Kier alpha value is -1.25. The average molecular weight is 303 g/mol. The molecule has 0 bridgehead atoms. The van der Waals surface area contributed by atoms with Crippen molar-refractivity contribution in [1.29, 1.82) is 0 Å². The van der Waals surface area contributed by atoms with Crippen molar-refractivity contribution in [3.05, 3.63) is 17.3 Å². The zero-order valence-electron chi connectivity index (χ0n) is 15.1. The third-order valence-corrected chi connectivity index (χ3v) is 4.95. The summed E-state index contributed by atoms with van der Waals surface area (Å²) in [7, 11) is 0. The molecule has 1 saturated heterocycles. The van der Waals surface area contributed by atoms with Gasteiger partial charge in [-0.15, -0.1) is 0 Å².